The minimum absolute atomic E-state index is 0.141. The molecule has 4 aromatic rings. The normalized spacial score (nSPS) is 12.7. The number of rotatable bonds is 0. The van der Waals surface area contributed by atoms with Crippen LogP contribution in [0, 0.1) is 23.7 Å². The molecular formula is C33H25NO. The summed E-state index contributed by atoms with van der Waals surface area (Å²) < 4.78 is 0. The van der Waals surface area contributed by atoms with Gasteiger partial charge in [0.15, 0.2) is 0 Å². The summed E-state index contributed by atoms with van der Waals surface area (Å²) in [6.45, 7) is 6.63. The van der Waals surface area contributed by atoms with Crippen molar-refractivity contribution < 1.29 is 5.21 Å². The van der Waals surface area contributed by atoms with Crippen LogP contribution >= 0.6 is 0 Å². The smallest absolute Gasteiger partial charge is 0.118 e. The fourth-order valence-electron chi connectivity index (χ4n) is 4.21. The molecule has 168 valence electrons. The van der Waals surface area contributed by atoms with Gasteiger partial charge in [-0.3, -0.25) is 0 Å². The van der Waals surface area contributed by atoms with Crippen molar-refractivity contribution in [3.8, 4) is 34.8 Å². The zero-order valence-electron chi connectivity index (χ0n) is 20.1. The molecule has 2 heteroatoms. The maximum atomic E-state index is 9.59. The number of nitrogens with zero attached hydrogens (tertiary/aromatic N) is 1. The quantitative estimate of drug-likeness (QED) is 0.154. The van der Waals surface area contributed by atoms with E-state index >= 15 is 0 Å². The lowest BCUT2D eigenvalue weighted by Gasteiger charge is -2.18. The van der Waals surface area contributed by atoms with Crippen LogP contribution in [0.3, 0.4) is 0 Å². The van der Waals surface area contributed by atoms with Gasteiger partial charge >= 0.3 is 0 Å². The Kier molecular flexibility index (Phi) is 5.74. The summed E-state index contributed by atoms with van der Waals surface area (Å²) in [7, 11) is 0. The van der Waals surface area contributed by atoms with Crippen molar-refractivity contribution in [2.45, 2.75) is 26.2 Å². The van der Waals surface area contributed by atoms with Gasteiger partial charge in [0.1, 0.15) is 5.71 Å². The first kappa shape index (κ1) is 22.3. The van der Waals surface area contributed by atoms with Crippen LogP contribution in [0.4, 0.5) is 0 Å². The van der Waals surface area contributed by atoms with E-state index in [1.807, 2.05) is 66.7 Å². The van der Waals surface area contributed by atoms with Gasteiger partial charge in [0, 0.05) is 33.4 Å². The largest absolute Gasteiger partial charge is 0.410 e. The average Bonchev–Trinajstić information content (AvgIpc) is 3.19. The van der Waals surface area contributed by atoms with E-state index in [1.165, 1.54) is 5.56 Å². The Morgan fingerprint density at radius 1 is 0.543 bits per heavy atom. The van der Waals surface area contributed by atoms with Crippen LogP contribution < -0.4 is 0 Å². The lowest BCUT2D eigenvalue weighted by atomic mass is 9.87. The molecule has 35 heavy (non-hydrogen) atoms. The van der Waals surface area contributed by atoms with Gasteiger partial charge in [0.25, 0.3) is 0 Å². The first-order valence-corrected chi connectivity index (χ1v) is 11.6. The third-order valence-electron chi connectivity index (χ3n) is 6.19. The summed E-state index contributed by atoms with van der Waals surface area (Å²) in [5.41, 5.74) is 9.79. The van der Waals surface area contributed by atoms with E-state index in [4.69, 9.17) is 0 Å². The van der Waals surface area contributed by atoms with Crippen molar-refractivity contribution >= 4 is 5.71 Å². The maximum absolute atomic E-state index is 9.59. The van der Waals surface area contributed by atoms with E-state index in [9.17, 15) is 5.21 Å². The minimum atomic E-state index is 0.141. The number of oxime groups is 1. The molecule has 0 fully saturated rings. The van der Waals surface area contributed by atoms with Crippen molar-refractivity contribution in [3.63, 3.8) is 0 Å². The van der Waals surface area contributed by atoms with Gasteiger partial charge in [-0.1, -0.05) is 92.1 Å². The van der Waals surface area contributed by atoms with Crippen molar-refractivity contribution in [3.05, 3.63) is 130 Å². The molecule has 0 atom stereocenters. The predicted molar refractivity (Wildman–Crippen MR) is 143 cm³/mol. The standard InChI is InChI=1S/C33H25NO/c1-33(2,3)27-19-16-25(17-20-27)13-12-23-8-10-24(11-9-23)14-15-26-18-21-29-28-6-4-5-7-30(28)32(34-35)31(29)22-26/h4-11,16-22,35H,1-3H3/b34-32+. The van der Waals surface area contributed by atoms with Crippen LogP contribution in [0.25, 0.3) is 11.1 Å². The highest BCUT2D eigenvalue weighted by atomic mass is 16.4. The molecule has 5 rings (SSSR count). The Morgan fingerprint density at radius 3 is 1.54 bits per heavy atom. The van der Waals surface area contributed by atoms with E-state index in [0.29, 0.717) is 5.71 Å². The van der Waals surface area contributed by atoms with Gasteiger partial charge in [0.05, 0.1) is 0 Å². The van der Waals surface area contributed by atoms with Crippen molar-refractivity contribution in [2.24, 2.45) is 5.16 Å². The molecule has 0 saturated carbocycles. The van der Waals surface area contributed by atoms with Crippen LogP contribution in [0.5, 0.6) is 0 Å². The van der Waals surface area contributed by atoms with Gasteiger partial charge in [-0.05, 0) is 70.6 Å². The molecule has 0 spiro atoms. The summed E-state index contributed by atoms with van der Waals surface area (Å²) in [6, 6.07) is 30.4. The summed E-state index contributed by atoms with van der Waals surface area (Å²) in [6.07, 6.45) is 0. The van der Waals surface area contributed by atoms with Gasteiger partial charge in [-0.25, -0.2) is 0 Å². The molecule has 0 radical (unpaired) electrons. The fraction of sp³-hybridized carbons (Fsp3) is 0.121. The molecule has 1 aliphatic rings. The summed E-state index contributed by atoms with van der Waals surface area (Å²) in [5.74, 6) is 12.9. The second-order valence-electron chi connectivity index (χ2n) is 9.66. The van der Waals surface area contributed by atoms with Gasteiger partial charge < -0.3 is 5.21 Å². The Labute approximate surface area is 207 Å². The average molecular weight is 452 g/mol. The molecule has 1 N–H and O–H groups in total. The third-order valence-corrected chi connectivity index (χ3v) is 6.19. The first-order chi connectivity index (χ1) is 16.9. The Balaban J connectivity index is 1.33. The monoisotopic (exact) mass is 451 g/mol. The molecular weight excluding hydrogens is 426 g/mol. The Morgan fingerprint density at radius 2 is 1.00 bits per heavy atom. The highest BCUT2D eigenvalue weighted by Gasteiger charge is 2.25. The topological polar surface area (TPSA) is 32.6 Å². The van der Waals surface area contributed by atoms with Gasteiger partial charge in [0.2, 0.25) is 0 Å². The highest BCUT2D eigenvalue weighted by molar-refractivity contribution is 6.24. The lowest BCUT2D eigenvalue weighted by molar-refractivity contribution is 0.320. The lowest BCUT2D eigenvalue weighted by Crippen LogP contribution is -2.10. The second kappa shape index (κ2) is 9.02. The van der Waals surface area contributed by atoms with Gasteiger partial charge in [-0.2, -0.15) is 0 Å². The van der Waals surface area contributed by atoms with Crippen molar-refractivity contribution in [1.29, 1.82) is 0 Å². The Bertz CT molecular complexity index is 1560. The third kappa shape index (κ3) is 4.61. The highest BCUT2D eigenvalue weighted by Crippen LogP contribution is 2.37. The van der Waals surface area contributed by atoms with Crippen LogP contribution in [0.2, 0.25) is 0 Å². The number of hydrogen-bond acceptors (Lipinski definition) is 2. The number of fused-ring (bicyclic) bond motifs is 3. The minimum Gasteiger partial charge on any atom is -0.410 e. The van der Waals surface area contributed by atoms with Crippen LogP contribution in [-0.2, 0) is 5.41 Å². The van der Waals surface area contributed by atoms with Crippen LogP contribution in [-0.4, -0.2) is 10.9 Å². The summed E-state index contributed by atoms with van der Waals surface area (Å²) >= 11 is 0. The fourth-order valence-corrected chi connectivity index (χ4v) is 4.21. The maximum Gasteiger partial charge on any atom is 0.118 e. The van der Waals surface area contributed by atoms with Crippen LogP contribution in [0.1, 0.15) is 59.7 Å². The molecule has 1 aliphatic carbocycles. The first-order valence-electron chi connectivity index (χ1n) is 11.6. The molecule has 0 heterocycles. The molecule has 0 amide bonds. The van der Waals surface area contributed by atoms with E-state index in [2.05, 4.69) is 73.9 Å². The molecule has 0 unspecified atom stereocenters. The predicted octanol–water partition coefficient (Wildman–Crippen LogP) is 6.99. The second-order valence-corrected chi connectivity index (χ2v) is 9.66. The van der Waals surface area contributed by atoms with E-state index in [0.717, 1.165) is 44.5 Å². The number of hydrogen-bond donors (Lipinski definition) is 1. The van der Waals surface area contributed by atoms with E-state index in [-0.39, 0.29) is 5.41 Å². The zero-order chi connectivity index (χ0) is 24.4. The van der Waals surface area contributed by atoms with E-state index in [1.54, 1.807) is 0 Å². The molecule has 4 aromatic carbocycles. The molecule has 0 bridgehead atoms. The molecule has 2 nitrogen and oxygen atoms in total. The molecule has 0 saturated heterocycles. The zero-order valence-corrected chi connectivity index (χ0v) is 20.1. The van der Waals surface area contributed by atoms with Gasteiger partial charge in [-0.15, -0.1) is 0 Å². The molecule has 0 aliphatic heterocycles. The Hall–Kier alpha value is -4.53. The SMILES string of the molecule is CC(C)(C)c1ccc(C#Cc2ccc(C#Cc3ccc4c(c3)/C(=N/O)c3ccccc3-4)cc2)cc1. The van der Waals surface area contributed by atoms with Crippen molar-refractivity contribution in [1.82, 2.24) is 0 Å². The van der Waals surface area contributed by atoms with Crippen molar-refractivity contribution in [2.75, 3.05) is 0 Å². The molecule has 0 aromatic heterocycles. The summed E-state index contributed by atoms with van der Waals surface area (Å²) in [5, 5.41) is 13.1. The summed E-state index contributed by atoms with van der Waals surface area (Å²) in [4.78, 5) is 0. The van der Waals surface area contributed by atoms with E-state index < -0.39 is 0 Å². The number of benzene rings is 4. The van der Waals surface area contributed by atoms with Crippen LogP contribution in [0.15, 0.2) is 96.2 Å².